The van der Waals surface area contributed by atoms with Crippen molar-refractivity contribution in [2.75, 3.05) is 31.6 Å². The Morgan fingerprint density at radius 1 is 1.19 bits per heavy atom. The molecule has 150 valence electrons. The fraction of sp³-hybridized carbons (Fsp3) is 0.789. The van der Waals surface area contributed by atoms with E-state index in [2.05, 4.69) is 14.7 Å². The molecular formula is C19H30N4O3S. The van der Waals surface area contributed by atoms with Crippen molar-refractivity contribution in [2.45, 2.75) is 51.1 Å². The molecule has 0 saturated carbocycles. The minimum atomic E-state index is -3.03. The quantitative estimate of drug-likeness (QED) is 0.737. The van der Waals surface area contributed by atoms with Gasteiger partial charge < -0.3 is 4.90 Å². The number of carbonyl (C=O) groups excluding carboxylic acids is 1. The van der Waals surface area contributed by atoms with E-state index in [1.54, 1.807) is 0 Å². The SMILES string of the molecule is Cn1nc2c(c1CN1CCC(N3CC(CS(C)(=O)=O)CC3=O)CC1)CCC2. The van der Waals surface area contributed by atoms with Gasteiger partial charge in [-0.15, -0.1) is 0 Å². The first-order valence-corrected chi connectivity index (χ1v) is 12.1. The number of carbonyl (C=O) groups is 1. The molecule has 1 aliphatic carbocycles. The van der Waals surface area contributed by atoms with Crippen molar-refractivity contribution >= 4 is 15.7 Å². The van der Waals surface area contributed by atoms with E-state index < -0.39 is 9.84 Å². The second-order valence-electron chi connectivity index (χ2n) is 8.57. The molecule has 1 amide bonds. The lowest BCUT2D eigenvalue weighted by Gasteiger charge is -2.37. The van der Waals surface area contributed by atoms with Gasteiger partial charge in [0.25, 0.3) is 0 Å². The number of sulfone groups is 1. The van der Waals surface area contributed by atoms with Crippen molar-refractivity contribution < 1.29 is 13.2 Å². The van der Waals surface area contributed by atoms with Crippen molar-refractivity contribution in [1.29, 1.82) is 0 Å². The van der Waals surface area contributed by atoms with Gasteiger partial charge in [0.05, 0.1) is 17.1 Å². The summed E-state index contributed by atoms with van der Waals surface area (Å²) in [6, 6.07) is 0.260. The summed E-state index contributed by atoms with van der Waals surface area (Å²) in [5.74, 6) is 0.216. The molecule has 0 aromatic carbocycles. The van der Waals surface area contributed by atoms with E-state index in [1.165, 1.54) is 29.6 Å². The molecule has 2 fully saturated rings. The predicted octanol–water partition coefficient (Wildman–Crippen LogP) is 0.766. The number of aromatic nitrogens is 2. The summed E-state index contributed by atoms with van der Waals surface area (Å²) in [5, 5.41) is 4.67. The third-order valence-electron chi connectivity index (χ3n) is 6.35. The molecule has 1 aromatic heterocycles. The Hall–Kier alpha value is -1.41. The Morgan fingerprint density at radius 2 is 1.93 bits per heavy atom. The van der Waals surface area contributed by atoms with Crippen molar-refractivity contribution in [3.05, 3.63) is 17.0 Å². The topological polar surface area (TPSA) is 75.5 Å². The van der Waals surface area contributed by atoms with Crippen LogP contribution < -0.4 is 0 Å². The summed E-state index contributed by atoms with van der Waals surface area (Å²) < 4.78 is 25.1. The molecule has 0 radical (unpaired) electrons. The Kier molecular flexibility index (Phi) is 5.05. The van der Waals surface area contributed by atoms with Crippen molar-refractivity contribution in [1.82, 2.24) is 19.6 Å². The minimum Gasteiger partial charge on any atom is -0.339 e. The van der Waals surface area contributed by atoms with Gasteiger partial charge in [0, 0.05) is 51.9 Å². The molecule has 1 aromatic rings. The van der Waals surface area contributed by atoms with E-state index in [0.717, 1.165) is 45.3 Å². The van der Waals surface area contributed by atoms with Gasteiger partial charge in [-0.1, -0.05) is 0 Å². The van der Waals surface area contributed by atoms with E-state index in [1.807, 2.05) is 11.9 Å². The number of likely N-dealkylation sites (tertiary alicyclic amines) is 2. The van der Waals surface area contributed by atoms with E-state index in [4.69, 9.17) is 0 Å². The summed E-state index contributed by atoms with van der Waals surface area (Å²) in [6.45, 7) is 3.50. The molecule has 1 unspecified atom stereocenters. The largest absolute Gasteiger partial charge is 0.339 e. The highest BCUT2D eigenvalue weighted by Crippen LogP contribution is 2.29. The molecule has 0 spiro atoms. The van der Waals surface area contributed by atoms with Crippen LogP contribution in [-0.4, -0.2) is 71.6 Å². The number of aryl methyl sites for hydroxylation is 2. The third-order valence-corrected chi connectivity index (χ3v) is 7.42. The Morgan fingerprint density at radius 3 is 2.63 bits per heavy atom. The molecule has 2 aliphatic heterocycles. The highest BCUT2D eigenvalue weighted by atomic mass is 32.2. The van der Waals surface area contributed by atoms with Gasteiger partial charge in [-0.3, -0.25) is 14.4 Å². The lowest BCUT2D eigenvalue weighted by molar-refractivity contribution is -0.130. The first-order chi connectivity index (χ1) is 12.8. The number of fused-ring (bicyclic) bond motifs is 1. The van der Waals surface area contributed by atoms with Crippen LogP contribution >= 0.6 is 0 Å². The number of piperidine rings is 1. The molecule has 27 heavy (non-hydrogen) atoms. The third kappa shape index (κ3) is 4.06. The normalized spacial score (nSPS) is 24.7. The molecular weight excluding hydrogens is 364 g/mol. The summed E-state index contributed by atoms with van der Waals surface area (Å²) in [7, 11) is -0.981. The highest BCUT2D eigenvalue weighted by Gasteiger charge is 2.37. The van der Waals surface area contributed by atoms with Gasteiger partial charge in [0.15, 0.2) is 0 Å². The van der Waals surface area contributed by atoms with Crippen LogP contribution in [0.5, 0.6) is 0 Å². The molecule has 1 atom stereocenters. The number of hydrogen-bond acceptors (Lipinski definition) is 5. The van der Waals surface area contributed by atoms with Crippen LogP contribution in [-0.2, 0) is 41.1 Å². The van der Waals surface area contributed by atoms with E-state index in [-0.39, 0.29) is 23.6 Å². The molecule has 4 rings (SSSR count). The monoisotopic (exact) mass is 394 g/mol. The van der Waals surface area contributed by atoms with Crippen LogP contribution in [0.2, 0.25) is 0 Å². The smallest absolute Gasteiger partial charge is 0.223 e. The molecule has 3 aliphatic rings. The lowest BCUT2D eigenvalue weighted by atomic mass is 10.0. The van der Waals surface area contributed by atoms with Crippen LogP contribution in [0, 0.1) is 5.92 Å². The number of amides is 1. The van der Waals surface area contributed by atoms with Gasteiger partial charge in [-0.2, -0.15) is 5.10 Å². The zero-order valence-electron chi connectivity index (χ0n) is 16.4. The molecule has 3 heterocycles. The summed E-state index contributed by atoms with van der Waals surface area (Å²) in [6.07, 6.45) is 7.06. The molecule has 8 heteroatoms. The molecule has 2 saturated heterocycles. The maximum Gasteiger partial charge on any atom is 0.223 e. The van der Waals surface area contributed by atoms with Crippen molar-refractivity contribution in [3.8, 4) is 0 Å². The number of hydrogen-bond donors (Lipinski definition) is 0. The Balaban J connectivity index is 1.32. The predicted molar refractivity (Wildman–Crippen MR) is 103 cm³/mol. The van der Waals surface area contributed by atoms with Crippen LogP contribution in [0.25, 0.3) is 0 Å². The van der Waals surface area contributed by atoms with E-state index >= 15 is 0 Å². The second kappa shape index (κ2) is 7.20. The Bertz CT molecular complexity index is 824. The maximum atomic E-state index is 12.4. The molecule has 0 N–H and O–H groups in total. The number of rotatable bonds is 5. The summed E-state index contributed by atoms with van der Waals surface area (Å²) in [5.41, 5.74) is 4.09. The summed E-state index contributed by atoms with van der Waals surface area (Å²) in [4.78, 5) is 16.8. The average Bonchev–Trinajstić information content (AvgIpc) is 3.24. The minimum absolute atomic E-state index is 0.0393. The first kappa shape index (κ1) is 18.9. The highest BCUT2D eigenvalue weighted by molar-refractivity contribution is 7.90. The molecule has 7 nitrogen and oxygen atoms in total. The summed E-state index contributed by atoms with van der Waals surface area (Å²) >= 11 is 0. The van der Waals surface area contributed by atoms with Gasteiger partial charge in [-0.05, 0) is 43.6 Å². The Labute approximate surface area is 161 Å². The fourth-order valence-corrected chi connectivity index (χ4v) is 6.17. The van der Waals surface area contributed by atoms with Crippen LogP contribution in [0.4, 0.5) is 0 Å². The van der Waals surface area contributed by atoms with Crippen LogP contribution in [0.15, 0.2) is 0 Å². The maximum absolute atomic E-state index is 12.4. The van der Waals surface area contributed by atoms with Gasteiger partial charge >= 0.3 is 0 Å². The average molecular weight is 395 g/mol. The number of nitrogens with zero attached hydrogens (tertiary/aromatic N) is 4. The zero-order valence-corrected chi connectivity index (χ0v) is 17.2. The van der Waals surface area contributed by atoms with Crippen molar-refractivity contribution in [3.63, 3.8) is 0 Å². The van der Waals surface area contributed by atoms with Gasteiger partial charge in [-0.25, -0.2) is 8.42 Å². The van der Waals surface area contributed by atoms with Crippen LogP contribution in [0.3, 0.4) is 0 Å². The fourth-order valence-electron chi connectivity index (χ4n) is 5.09. The lowest BCUT2D eigenvalue weighted by Crippen LogP contribution is -2.45. The standard InChI is InChI=1S/C19H30N4O3S/c1-21-18(16-4-3-5-17(16)20-21)12-22-8-6-15(7-9-22)23-11-14(10-19(23)24)13-27(2,25)26/h14-15H,3-13H2,1-2H3. The van der Waals surface area contributed by atoms with Gasteiger partial charge in [0.1, 0.15) is 9.84 Å². The van der Waals surface area contributed by atoms with Gasteiger partial charge in [0.2, 0.25) is 5.91 Å². The zero-order chi connectivity index (χ0) is 19.2. The second-order valence-corrected chi connectivity index (χ2v) is 10.7. The van der Waals surface area contributed by atoms with E-state index in [0.29, 0.717) is 13.0 Å². The van der Waals surface area contributed by atoms with Crippen LogP contribution in [0.1, 0.15) is 42.6 Å². The van der Waals surface area contributed by atoms with E-state index in [9.17, 15) is 13.2 Å². The molecule has 0 bridgehead atoms. The van der Waals surface area contributed by atoms with Crippen molar-refractivity contribution in [2.24, 2.45) is 13.0 Å². The first-order valence-electron chi connectivity index (χ1n) is 10.0.